The van der Waals surface area contributed by atoms with Gasteiger partial charge in [-0.3, -0.25) is 0 Å². The summed E-state index contributed by atoms with van der Waals surface area (Å²) in [5, 5.41) is 24.1. The van der Waals surface area contributed by atoms with Gasteiger partial charge in [-0.15, -0.1) is 0 Å². The molecule has 1 saturated heterocycles. The molecule has 2 aliphatic heterocycles. The fourth-order valence-electron chi connectivity index (χ4n) is 4.31. The van der Waals surface area contributed by atoms with E-state index in [1.807, 2.05) is 6.07 Å². The first kappa shape index (κ1) is 23.8. The van der Waals surface area contributed by atoms with Gasteiger partial charge in [-0.25, -0.2) is 0 Å². The second-order valence-corrected chi connectivity index (χ2v) is 9.88. The smallest absolute Gasteiger partial charge is 0.416 e. The number of aromatic hydroxyl groups is 1. The first-order valence-electron chi connectivity index (χ1n) is 11.0. The number of rotatable bonds is 4. The average Bonchev–Trinajstić information content (AvgIpc) is 3.44. The summed E-state index contributed by atoms with van der Waals surface area (Å²) in [5.74, 6) is -0.202. The van der Waals surface area contributed by atoms with Crippen molar-refractivity contribution in [2.45, 2.75) is 25.6 Å². The molecular formula is C24H21ClF3N5OS. The summed E-state index contributed by atoms with van der Waals surface area (Å²) in [4.78, 5) is 6.92. The van der Waals surface area contributed by atoms with E-state index < -0.39 is 11.7 Å². The van der Waals surface area contributed by atoms with E-state index in [1.54, 1.807) is 18.3 Å². The maximum Gasteiger partial charge on any atom is 0.416 e. The van der Waals surface area contributed by atoms with Crippen molar-refractivity contribution in [3.63, 3.8) is 0 Å². The Hall–Kier alpha value is -2.95. The maximum atomic E-state index is 13.9. The molecule has 6 nitrogen and oxygen atoms in total. The van der Waals surface area contributed by atoms with E-state index in [2.05, 4.69) is 32.3 Å². The van der Waals surface area contributed by atoms with Crippen LogP contribution < -0.4 is 20.8 Å². The second-order valence-electron chi connectivity index (χ2n) is 8.47. The van der Waals surface area contributed by atoms with Crippen LogP contribution in [0, 0.1) is 0 Å². The molecule has 11 heteroatoms. The van der Waals surface area contributed by atoms with Crippen molar-refractivity contribution in [3.8, 4) is 5.88 Å². The van der Waals surface area contributed by atoms with Crippen LogP contribution in [0.15, 0.2) is 46.6 Å². The molecular weight excluding hydrogens is 499 g/mol. The summed E-state index contributed by atoms with van der Waals surface area (Å²) in [7, 11) is 0. The zero-order valence-electron chi connectivity index (χ0n) is 18.6. The molecule has 0 radical (unpaired) electrons. The number of anilines is 1. The van der Waals surface area contributed by atoms with Gasteiger partial charge < -0.3 is 15.3 Å². The summed E-state index contributed by atoms with van der Waals surface area (Å²) in [6.07, 6.45) is -3.06. The molecule has 1 atom stereocenters. The van der Waals surface area contributed by atoms with Crippen LogP contribution in [0.1, 0.15) is 28.5 Å². The summed E-state index contributed by atoms with van der Waals surface area (Å²) >= 11 is 7.17. The molecule has 3 heterocycles. The predicted molar refractivity (Wildman–Crippen MR) is 131 cm³/mol. The first-order chi connectivity index (χ1) is 16.7. The Morgan fingerprint density at radius 2 is 2.09 bits per heavy atom. The molecule has 2 aliphatic rings. The van der Waals surface area contributed by atoms with Crippen LogP contribution >= 0.6 is 22.9 Å². The molecule has 0 unspecified atom stereocenters. The minimum absolute atomic E-state index is 0.00796. The zero-order chi connectivity index (χ0) is 24.7. The minimum Gasteiger partial charge on any atom is -0.492 e. The summed E-state index contributed by atoms with van der Waals surface area (Å²) in [6.45, 7) is 4.33. The Morgan fingerprint density at radius 3 is 2.86 bits per heavy atom. The SMILES string of the molecule is C[C@@H]1CNCCN1c1nc(O)c(C(Cc2ccc(Cl)cc2C(F)(F)F)=c2ccc3c(c2)C=NN=3)s1. The average molecular weight is 520 g/mol. The summed E-state index contributed by atoms with van der Waals surface area (Å²) in [5.41, 5.74) is 0.540. The highest BCUT2D eigenvalue weighted by molar-refractivity contribution is 7.17. The molecule has 182 valence electrons. The Kier molecular flexibility index (Phi) is 6.29. The highest BCUT2D eigenvalue weighted by Crippen LogP contribution is 2.40. The molecule has 0 bridgehead atoms. The molecule has 2 aromatic carbocycles. The van der Waals surface area contributed by atoms with Gasteiger partial charge >= 0.3 is 6.18 Å². The lowest BCUT2D eigenvalue weighted by atomic mass is 9.96. The van der Waals surface area contributed by atoms with Crippen molar-refractivity contribution in [2.24, 2.45) is 10.2 Å². The zero-order valence-corrected chi connectivity index (χ0v) is 20.2. The van der Waals surface area contributed by atoms with Gasteiger partial charge in [0.25, 0.3) is 0 Å². The van der Waals surface area contributed by atoms with Crippen molar-refractivity contribution in [1.82, 2.24) is 10.3 Å². The van der Waals surface area contributed by atoms with Crippen molar-refractivity contribution in [1.29, 1.82) is 0 Å². The minimum atomic E-state index is -4.58. The Morgan fingerprint density at radius 1 is 1.26 bits per heavy atom. The standard InChI is InChI=1S/C24H21ClF3N5OS/c1-13-11-29-6-7-33(13)23-31-22(34)21(35-23)18(14-3-5-20-16(8-14)12-30-32-20)9-15-2-4-17(25)10-19(15)24(26,27)28/h2-5,8,10,12-13,29,34H,6-7,9,11H2,1H3/t13-/m1/s1. The third-order valence-electron chi connectivity index (χ3n) is 6.10. The van der Waals surface area contributed by atoms with Crippen molar-refractivity contribution < 1.29 is 18.3 Å². The Balaban J connectivity index is 1.68. The number of piperazine rings is 1. The second kappa shape index (κ2) is 9.25. The largest absolute Gasteiger partial charge is 0.492 e. The lowest BCUT2D eigenvalue weighted by Crippen LogP contribution is -2.49. The van der Waals surface area contributed by atoms with E-state index in [0.717, 1.165) is 31.3 Å². The van der Waals surface area contributed by atoms with Crippen LogP contribution in [0.5, 0.6) is 5.88 Å². The van der Waals surface area contributed by atoms with Crippen LogP contribution in [-0.4, -0.2) is 42.0 Å². The Bertz CT molecular complexity index is 1440. The fourth-order valence-corrected chi connectivity index (χ4v) is 5.63. The van der Waals surface area contributed by atoms with Crippen LogP contribution in [0.3, 0.4) is 0 Å². The molecule has 0 aliphatic carbocycles. The summed E-state index contributed by atoms with van der Waals surface area (Å²) < 4.78 is 41.6. The number of nitrogens with one attached hydrogen (secondary N) is 1. The van der Waals surface area contributed by atoms with Crippen LogP contribution in [-0.2, 0) is 12.6 Å². The number of fused-ring (bicyclic) bond motifs is 1. The molecule has 0 spiro atoms. The van der Waals surface area contributed by atoms with E-state index in [4.69, 9.17) is 11.6 Å². The van der Waals surface area contributed by atoms with Crippen LogP contribution in [0.4, 0.5) is 18.3 Å². The normalized spacial score (nSPS) is 18.4. The highest BCUT2D eigenvalue weighted by Gasteiger charge is 2.34. The van der Waals surface area contributed by atoms with E-state index in [1.165, 1.54) is 23.5 Å². The van der Waals surface area contributed by atoms with Gasteiger partial charge in [0.2, 0.25) is 5.88 Å². The van der Waals surface area contributed by atoms with Gasteiger partial charge in [0.15, 0.2) is 5.13 Å². The molecule has 3 aromatic rings. The number of halogens is 4. The predicted octanol–water partition coefficient (Wildman–Crippen LogP) is 3.73. The van der Waals surface area contributed by atoms with Gasteiger partial charge in [0.1, 0.15) is 0 Å². The van der Waals surface area contributed by atoms with Crippen molar-refractivity contribution in [3.05, 3.63) is 73.6 Å². The van der Waals surface area contributed by atoms with E-state index in [9.17, 15) is 18.3 Å². The monoisotopic (exact) mass is 519 g/mol. The third kappa shape index (κ3) is 4.78. The molecule has 0 saturated carbocycles. The van der Waals surface area contributed by atoms with Gasteiger partial charge in [-0.05, 0) is 47.5 Å². The number of hydrogen-bond donors (Lipinski definition) is 2. The fraction of sp³-hybridized carbons (Fsp3) is 0.292. The number of benzene rings is 2. The number of alkyl halides is 3. The van der Waals surface area contributed by atoms with Gasteiger partial charge in [-0.2, -0.15) is 28.4 Å². The molecule has 2 N–H and O–H groups in total. The van der Waals surface area contributed by atoms with Crippen molar-refractivity contribution in [2.75, 3.05) is 24.5 Å². The van der Waals surface area contributed by atoms with Gasteiger partial charge in [0.05, 0.1) is 22.0 Å². The topological polar surface area (TPSA) is 73.1 Å². The molecule has 35 heavy (non-hydrogen) atoms. The van der Waals surface area contributed by atoms with E-state index in [-0.39, 0.29) is 28.9 Å². The van der Waals surface area contributed by atoms with Gasteiger partial charge in [0, 0.05) is 42.7 Å². The quantitative estimate of drug-likeness (QED) is 0.551. The molecule has 1 aromatic heterocycles. The maximum absolute atomic E-state index is 13.9. The summed E-state index contributed by atoms with van der Waals surface area (Å²) in [6, 6.07) is 9.29. The highest BCUT2D eigenvalue weighted by atomic mass is 35.5. The third-order valence-corrected chi connectivity index (χ3v) is 7.48. The first-order valence-corrected chi connectivity index (χ1v) is 12.2. The molecule has 1 fully saturated rings. The molecule has 0 amide bonds. The lowest BCUT2D eigenvalue weighted by molar-refractivity contribution is -0.138. The van der Waals surface area contributed by atoms with E-state index >= 15 is 0 Å². The van der Waals surface area contributed by atoms with E-state index in [0.29, 0.717) is 26.2 Å². The number of thiazole rings is 1. The van der Waals surface area contributed by atoms with Crippen molar-refractivity contribution >= 4 is 39.9 Å². The van der Waals surface area contributed by atoms with Crippen LogP contribution in [0.25, 0.3) is 5.57 Å². The van der Waals surface area contributed by atoms with Crippen LogP contribution in [0.2, 0.25) is 5.02 Å². The van der Waals surface area contributed by atoms with Gasteiger partial charge in [-0.1, -0.05) is 35.1 Å². The Labute approximate surface area is 208 Å². The molecule has 5 rings (SSSR count). The lowest BCUT2D eigenvalue weighted by Gasteiger charge is -2.33. The number of hydrogen-bond acceptors (Lipinski definition) is 7. The number of nitrogens with zero attached hydrogens (tertiary/aromatic N) is 4. The number of aromatic nitrogens is 1.